The van der Waals surface area contributed by atoms with E-state index in [1.807, 2.05) is 60.7 Å². The third kappa shape index (κ3) is 5.62. The predicted octanol–water partition coefficient (Wildman–Crippen LogP) is 5.36. The molecule has 0 bridgehead atoms. The van der Waals surface area contributed by atoms with Crippen molar-refractivity contribution in [2.45, 2.75) is 31.4 Å². The number of nitrogens with zero attached hydrogens (tertiary/aromatic N) is 1. The first-order valence-electron chi connectivity index (χ1n) is 9.59. The molecule has 0 radical (unpaired) electrons. The number of alkyl halides is 3. The van der Waals surface area contributed by atoms with Gasteiger partial charge >= 0.3 is 6.18 Å². The van der Waals surface area contributed by atoms with Crippen molar-refractivity contribution in [1.29, 1.82) is 0 Å². The monoisotopic (exact) mass is 415 g/mol. The fraction of sp³-hybridized carbons (Fsp3) is 0.250. The Kier molecular flexibility index (Phi) is 7.13. The zero-order valence-corrected chi connectivity index (χ0v) is 16.6. The Labute approximate surface area is 174 Å². The summed E-state index contributed by atoms with van der Waals surface area (Å²) in [6.07, 6.45) is -7.31. The quantitative estimate of drug-likeness (QED) is 0.538. The Balaban J connectivity index is 2.03. The molecule has 0 aliphatic rings. The molecule has 1 N–H and O–H groups in total. The molecule has 0 aromatic heterocycles. The number of methoxy groups -OCH3 is 1. The van der Waals surface area contributed by atoms with Crippen LogP contribution in [-0.2, 0) is 13.1 Å². The van der Waals surface area contributed by atoms with Gasteiger partial charge in [0, 0.05) is 13.1 Å². The van der Waals surface area contributed by atoms with Crippen molar-refractivity contribution in [2.75, 3.05) is 7.11 Å². The van der Waals surface area contributed by atoms with Gasteiger partial charge in [-0.05, 0) is 28.8 Å². The molecule has 0 spiro atoms. The number of benzene rings is 3. The van der Waals surface area contributed by atoms with Crippen LogP contribution in [0.2, 0.25) is 0 Å². The van der Waals surface area contributed by atoms with Crippen LogP contribution in [-0.4, -0.2) is 29.4 Å². The van der Waals surface area contributed by atoms with Gasteiger partial charge in [-0.3, -0.25) is 4.90 Å². The van der Waals surface area contributed by atoms with Crippen molar-refractivity contribution in [1.82, 2.24) is 4.90 Å². The molecular weight excluding hydrogens is 391 g/mol. The maximum atomic E-state index is 13.7. The molecule has 0 saturated heterocycles. The van der Waals surface area contributed by atoms with Crippen molar-refractivity contribution in [2.24, 2.45) is 0 Å². The molecule has 3 aromatic carbocycles. The first kappa shape index (κ1) is 21.9. The molecule has 3 nitrogen and oxygen atoms in total. The molecule has 158 valence electrons. The summed E-state index contributed by atoms with van der Waals surface area (Å²) in [4.78, 5) is 1.66. The Morgan fingerprint density at radius 2 is 1.27 bits per heavy atom. The van der Waals surface area contributed by atoms with Gasteiger partial charge in [-0.15, -0.1) is 0 Å². The molecule has 0 aliphatic heterocycles. The molecule has 0 amide bonds. The van der Waals surface area contributed by atoms with Crippen LogP contribution in [0.25, 0.3) is 0 Å². The number of hydrogen-bond donors (Lipinski definition) is 1. The smallest absolute Gasteiger partial charge is 0.416 e. The van der Waals surface area contributed by atoms with Gasteiger partial charge in [-0.2, -0.15) is 13.2 Å². The number of halogens is 3. The Hall–Kier alpha value is -2.83. The second-order valence-electron chi connectivity index (χ2n) is 7.08. The second kappa shape index (κ2) is 9.78. The summed E-state index contributed by atoms with van der Waals surface area (Å²) in [5.74, 6) is 0.539. The maximum Gasteiger partial charge on any atom is 0.416 e. The van der Waals surface area contributed by atoms with E-state index in [4.69, 9.17) is 4.74 Å². The highest BCUT2D eigenvalue weighted by Crippen LogP contribution is 2.36. The minimum Gasteiger partial charge on any atom is -0.497 e. The molecule has 0 fully saturated rings. The van der Waals surface area contributed by atoms with Crippen LogP contribution in [0.15, 0.2) is 84.9 Å². The van der Waals surface area contributed by atoms with Crippen LogP contribution in [0.5, 0.6) is 5.75 Å². The zero-order valence-electron chi connectivity index (χ0n) is 16.6. The lowest BCUT2D eigenvalue weighted by atomic mass is 9.97. The molecule has 0 heterocycles. The van der Waals surface area contributed by atoms with E-state index in [2.05, 4.69) is 0 Å². The Bertz CT molecular complexity index is 858. The molecule has 0 aliphatic carbocycles. The summed E-state index contributed by atoms with van der Waals surface area (Å²) >= 11 is 0. The lowest BCUT2D eigenvalue weighted by Crippen LogP contribution is -2.43. The fourth-order valence-corrected chi connectivity index (χ4v) is 3.46. The van der Waals surface area contributed by atoms with Crippen LogP contribution in [0.3, 0.4) is 0 Å². The molecule has 2 atom stereocenters. The maximum absolute atomic E-state index is 13.7. The van der Waals surface area contributed by atoms with Crippen LogP contribution >= 0.6 is 0 Å². The van der Waals surface area contributed by atoms with E-state index < -0.39 is 18.3 Å². The van der Waals surface area contributed by atoms with Crippen molar-refractivity contribution in [3.8, 4) is 5.75 Å². The van der Waals surface area contributed by atoms with Gasteiger partial charge in [-0.25, -0.2) is 0 Å². The zero-order chi connectivity index (χ0) is 21.6. The standard InChI is InChI=1S/C24H24F3NO2/c1-30-21-14-12-20(13-15-21)22(23(29)24(25,26)27)28(16-18-8-4-2-5-9-18)17-19-10-6-3-7-11-19/h2-15,22-23,29H,16-17H2,1H3/t22-,23-/m0/s1. The number of rotatable bonds is 8. The average Bonchev–Trinajstić information content (AvgIpc) is 2.75. The van der Waals surface area contributed by atoms with Gasteiger partial charge in [0.15, 0.2) is 6.10 Å². The van der Waals surface area contributed by atoms with Gasteiger partial charge in [0.25, 0.3) is 0 Å². The van der Waals surface area contributed by atoms with Gasteiger partial charge in [0.1, 0.15) is 5.75 Å². The lowest BCUT2D eigenvalue weighted by molar-refractivity contribution is -0.224. The highest BCUT2D eigenvalue weighted by atomic mass is 19.4. The highest BCUT2D eigenvalue weighted by molar-refractivity contribution is 5.30. The van der Waals surface area contributed by atoms with Gasteiger partial charge in [-0.1, -0.05) is 72.8 Å². The van der Waals surface area contributed by atoms with E-state index in [1.54, 1.807) is 29.2 Å². The fourth-order valence-electron chi connectivity index (χ4n) is 3.46. The van der Waals surface area contributed by atoms with E-state index in [1.165, 1.54) is 7.11 Å². The highest BCUT2D eigenvalue weighted by Gasteiger charge is 2.46. The topological polar surface area (TPSA) is 32.7 Å². The first-order valence-corrected chi connectivity index (χ1v) is 9.59. The first-order chi connectivity index (χ1) is 14.4. The Morgan fingerprint density at radius 1 is 0.800 bits per heavy atom. The summed E-state index contributed by atoms with van der Waals surface area (Å²) in [7, 11) is 1.49. The summed E-state index contributed by atoms with van der Waals surface area (Å²) in [6.45, 7) is 0.499. The molecular formula is C24H24F3NO2. The van der Waals surface area contributed by atoms with E-state index in [0.717, 1.165) is 11.1 Å². The summed E-state index contributed by atoms with van der Waals surface area (Å²) < 4.78 is 46.1. The molecule has 30 heavy (non-hydrogen) atoms. The van der Waals surface area contributed by atoms with E-state index in [9.17, 15) is 18.3 Å². The van der Waals surface area contributed by atoms with E-state index in [-0.39, 0.29) is 13.1 Å². The van der Waals surface area contributed by atoms with Gasteiger partial charge in [0.05, 0.1) is 13.2 Å². The number of hydrogen-bond acceptors (Lipinski definition) is 3. The Morgan fingerprint density at radius 3 is 1.67 bits per heavy atom. The van der Waals surface area contributed by atoms with Crippen molar-refractivity contribution in [3.63, 3.8) is 0 Å². The van der Waals surface area contributed by atoms with Gasteiger partial charge in [0.2, 0.25) is 0 Å². The van der Waals surface area contributed by atoms with Crippen LogP contribution in [0, 0.1) is 0 Å². The lowest BCUT2D eigenvalue weighted by Gasteiger charge is -2.36. The molecule has 3 aromatic rings. The van der Waals surface area contributed by atoms with Crippen LogP contribution < -0.4 is 4.74 Å². The molecule has 6 heteroatoms. The summed E-state index contributed by atoms with van der Waals surface area (Å²) in [5, 5.41) is 10.4. The van der Waals surface area contributed by atoms with Gasteiger partial charge < -0.3 is 9.84 Å². The van der Waals surface area contributed by atoms with E-state index in [0.29, 0.717) is 11.3 Å². The normalized spacial score (nSPS) is 13.8. The van der Waals surface area contributed by atoms with E-state index >= 15 is 0 Å². The van der Waals surface area contributed by atoms with Crippen molar-refractivity contribution in [3.05, 3.63) is 102 Å². The van der Waals surface area contributed by atoms with Crippen molar-refractivity contribution < 1.29 is 23.0 Å². The second-order valence-corrected chi connectivity index (χ2v) is 7.08. The summed E-state index contributed by atoms with van der Waals surface area (Å²) in [6, 6.07) is 23.6. The number of aliphatic hydroxyl groups excluding tert-OH is 1. The predicted molar refractivity (Wildman–Crippen MR) is 110 cm³/mol. The molecule has 0 saturated carbocycles. The summed E-state index contributed by atoms with van der Waals surface area (Å²) in [5.41, 5.74) is 2.09. The third-order valence-corrected chi connectivity index (χ3v) is 4.94. The van der Waals surface area contributed by atoms with Crippen molar-refractivity contribution >= 4 is 0 Å². The minimum atomic E-state index is -4.77. The third-order valence-electron chi connectivity index (χ3n) is 4.94. The average molecular weight is 415 g/mol. The van der Waals surface area contributed by atoms with Crippen LogP contribution in [0.4, 0.5) is 13.2 Å². The van der Waals surface area contributed by atoms with Crippen LogP contribution in [0.1, 0.15) is 22.7 Å². The molecule has 0 unspecified atom stereocenters. The molecule has 3 rings (SSSR count). The minimum absolute atomic E-state index is 0.250. The number of aliphatic hydroxyl groups is 1. The SMILES string of the molecule is COc1ccc([C@@H]([C@H](O)C(F)(F)F)N(Cc2ccccc2)Cc2ccccc2)cc1. The largest absolute Gasteiger partial charge is 0.497 e. The number of ether oxygens (including phenoxy) is 1.